The zero-order valence-corrected chi connectivity index (χ0v) is 6.39. The van der Waals surface area contributed by atoms with E-state index in [-0.39, 0.29) is 0 Å². The Hall–Kier alpha value is -0.450. The molecule has 48 valence electrons. The molecular formula is C2N2O2S3. The summed E-state index contributed by atoms with van der Waals surface area (Å²) in [6, 6.07) is 0. The maximum Gasteiger partial charge on any atom is 0.379 e. The molecule has 0 aromatic rings. The normalized spacial score (nSPS) is 8.89. The zero-order valence-electron chi connectivity index (χ0n) is 3.94. The minimum Gasteiger partial charge on any atom is -0.178 e. The summed E-state index contributed by atoms with van der Waals surface area (Å²) in [7, 11) is -3.86. The molecule has 0 rings (SSSR count). The van der Waals surface area contributed by atoms with Crippen LogP contribution < -0.4 is 0 Å². The van der Waals surface area contributed by atoms with Gasteiger partial charge in [-0.1, -0.05) is 8.80 Å². The van der Waals surface area contributed by atoms with Gasteiger partial charge in [-0.25, -0.2) is 0 Å². The third-order valence-electron chi connectivity index (χ3n) is 0.305. The standard InChI is InChI=1S/C2N2O2S3/c5-9(6,3-1-7)4-2-8. The number of hydrogen-bond donors (Lipinski definition) is 0. The van der Waals surface area contributed by atoms with Gasteiger partial charge in [0.1, 0.15) is 0 Å². The molecule has 0 heterocycles. The Morgan fingerprint density at radius 1 is 1.11 bits per heavy atom. The number of isothiocyanates is 2. The van der Waals surface area contributed by atoms with Crippen molar-refractivity contribution in [3.8, 4) is 0 Å². The second kappa shape index (κ2) is 3.55. The molecule has 0 atom stereocenters. The van der Waals surface area contributed by atoms with Crippen LogP contribution in [0.4, 0.5) is 0 Å². The second-order valence-electron chi connectivity index (χ2n) is 0.813. The van der Waals surface area contributed by atoms with Crippen molar-refractivity contribution in [3.63, 3.8) is 0 Å². The van der Waals surface area contributed by atoms with Crippen LogP contribution in [-0.2, 0) is 10.2 Å². The van der Waals surface area contributed by atoms with Crippen LogP contribution in [0.15, 0.2) is 8.80 Å². The first-order valence-electron chi connectivity index (χ1n) is 1.55. The molecule has 0 amide bonds. The van der Waals surface area contributed by atoms with Crippen LogP contribution in [-0.4, -0.2) is 18.7 Å². The van der Waals surface area contributed by atoms with Gasteiger partial charge in [0.2, 0.25) is 0 Å². The van der Waals surface area contributed by atoms with Gasteiger partial charge in [-0.2, -0.15) is 8.42 Å². The van der Waals surface area contributed by atoms with Crippen LogP contribution in [0.3, 0.4) is 0 Å². The fraction of sp³-hybridized carbons (Fsp3) is 0. The van der Waals surface area contributed by atoms with Gasteiger partial charge in [-0.15, -0.1) is 0 Å². The van der Waals surface area contributed by atoms with Crippen molar-refractivity contribution in [2.45, 2.75) is 0 Å². The van der Waals surface area contributed by atoms with Crippen molar-refractivity contribution in [3.05, 3.63) is 0 Å². The summed E-state index contributed by atoms with van der Waals surface area (Å²) >= 11 is 7.99. The van der Waals surface area contributed by atoms with Gasteiger partial charge in [0.05, 0.1) is 10.3 Å². The van der Waals surface area contributed by atoms with Crippen molar-refractivity contribution in [1.29, 1.82) is 0 Å². The molecule has 0 aromatic carbocycles. The van der Waals surface area contributed by atoms with E-state index in [2.05, 4.69) is 33.2 Å². The summed E-state index contributed by atoms with van der Waals surface area (Å²) in [5, 5.41) is 3.27. The van der Waals surface area contributed by atoms with Crippen molar-refractivity contribution < 1.29 is 8.42 Å². The summed E-state index contributed by atoms with van der Waals surface area (Å²) in [4.78, 5) is 0. The predicted octanol–water partition coefficient (Wildman–Crippen LogP) is 0.437. The van der Waals surface area contributed by atoms with E-state index in [9.17, 15) is 8.42 Å². The number of thiocarbonyl (C=S) groups is 2. The number of hydrogen-bond acceptors (Lipinski definition) is 4. The Labute approximate surface area is 62.5 Å². The van der Waals surface area contributed by atoms with Crippen molar-refractivity contribution in [2.24, 2.45) is 8.80 Å². The Morgan fingerprint density at radius 3 is 1.67 bits per heavy atom. The average Bonchev–Trinajstić information content (AvgIpc) is 1.64. The molecule has 0 aromatic heterocycles. The molecule has 0 fully saturated rings. The number of rotatable bonds is 2. The van der Waals surface area contributed by atoms with E-state index >= 15 is 0 Å². The fourth-order valence-corrected chi connectivity index (χ4v) is 0.909. The lowest BCUT2D eigenvalue weighted by molar-refractivity contribution is 0.600. The van der Waals surface area contributed by atoms with Crippen molar-refractivity contribution >= 4 is 45.0 Å². The lowest BCUT2D eigenvalue weighted by atomic mass is 11.8. The summed E-state index contributed by atoms with van der Waals surface area (Å²) in [5.41, 5.74) is 0. The lowest BCUT2D eigenvalue weighted by Crippen LogP contribution is -1.85. The van der Waals surface area contributed by atoms with Gasteiger partial charge in [-0.05, 0) is 24.4 Å². The highest BCUT2D eigenvalue weighted by Gasteiger charge is 1.98. The monoisotopic (exact) mass is 180 g/mol. The Bertz CT molecular complexity index is 255. The molecule has 0 bridgehead atoms. The minimum atomic E-state index is -3.86. The van der Waals surface area contributed by atoms with Gasteiger partial charge in [0, 0.05) is 0 Å². The lowest BCUT2D eigenvalue weighted by Gasteiger charge is -1.75. The highest BCUT2D eigenvalue weighted by molar-refractivity contribution is 7.90. The molecule has 0 N–H and O–H groups in total. The Morgan fingerprint density at radius 2 is 1.44 bits per heavy atom. The molecule has 4 nitrogen and oxygen atoms in total. The van der Waals surface area contributed by atoms with Gasteiger partial charge >= 0.3 is 10.2 Å². The van der Waals surface area contributed by atoms with Crippen LogP contribution in [0.5, 0.6) is 0 Å². The Balaban J connectivity index is 4.84. The summed E-state index contributed by atoms with van der Waals surface area (Å²) in [6.07, 6.45) is 0. The van der Waals surface area contributed by atoms with Crippen LogP contribution in [0.2, 0.25) is 0 Å². The van der Waals surface area contributed by atoms with Crippen LogP contribution in [0.25, 0.3) is 0 Å². The molecule has 0 unspecified atom stereocenters. The third kappa shape index (κ3) is 4.08. The molecule has 7 heteroatoms. The summed E-state index contributed by atoms with van der Waals surface area (Å²) in [6.45, 7) is 0. The molecule has 0 saturated carbocycles. The van der Waals surface area contributed by atoms with Crippen molar-refractivity contribution in [2.75, 3.05) is 0 Å². The predicted molar refractivity (Wildman–Crippen MR) is 39.0 cm³/mol. The molecular weight excluding hydrogens is 180 g/mol. The molecule has 0 aliphatic rings. The van der Waals surface area contributed by atoms with E-state index in [4.69, 9.17) is 0 Å². The zero-order chi connectivity index (χ0) is 7.33. The molecule has 9 heavy (non-hydrogen) atoms. The molecule has 0 saturated heterocycles. The first-order valence-corrected chi connectivity index (χ1v) is 3.77. The maximum atomic E-state index is 10.2. The Kier molecular flexibility index (Phi) is 3.37. The molecule has 0 aliphatic heterocycles. The maximum absolute atomic E-state index is 10.2. The smallest absolute Gasteiger partial charge is 0.178 e. The van der Waals surface area contributed by atoms with E-state index < -0.39 is 10.2 Å². The van der Waals surface area contributed by atoms with Gasteiger partial charge in [0.15, 0.2) is 0 Å². The SMILES string of the molecule is O=S(=O)(N=C=S)N=C=S. The third-order valence-corrected chi connectivity index (χ3v) is 1.36. The highest BCUT2D eigenvalue weighted by Crippen LogP contribution is 1.88. The average molecular weight is 180 g/mol. The molecule has 0 aliphatic carbocycles. The molecule has 0 spiro atoms. The quantitative estimate of drug-likeness (QED) is 0.457. The first-order chi connectivity index (χ1) is 4.12. The largest absolute Gasteiger partial charge is 0.379 e. The molecule has 0 radical (unpaired) electrons. The van der Waals surface area contributed by atoms with E-state index in [0.717, 1.165) is 0 Å². The van der Waals surface area contributed by atoms with Crippen LogP contribution in [0.1, 0.15) is 0 Å². The summed E-state index contributed by atoms with van der Waals surface area (Å²) < 4.78 is 25.9. The van der Waals surface area contributed by atoms with E-state index in [1.807, 2.05) is 0 Å². The van der Waals surface area contributed by atoms with Gasteiger partial charge < -0.3 is 0 Å². The topological polar surface area (TPSA) is 58.9 Å². The van der Waals surface area contributed by atoms with E-state index in [0.29, 0.717) is 0 Å². The fourth-order valence-electron chi connectivity index (χ4n) is 0.115. The highest BCUT2D eigenvalue weighted by atomic mass is 32.2. The van der Waals surface area contributed by atoms with E-state index in [1.165, 1.54) is 0 Å². The van der Waals surface area contributed by atoms with Crippen molar-refractivity contribution in [1.82, 2.24) is 0 Å². The minimum absolute atomic E-state index is 1.63. The van der Waals surface area contributed by atoms with Crippen LogP contribution in [0, 0.1) is 0 Å². The second-order valence-corrected chi connectivity index (χ2v) is 2.44. The summed E-state index contributed by atoms with van der Waals surface area (Å²) in [5.74, 6) is 0. The first kappa shape index (κ1) is 8.55. The van der Waals surface area contributed by atoms with Crippen LogP contribution >= 0.6 is 24.4 Å². The van der Waals surface area contributed by atoms with Gasteiger partial charge in [0.25, 0.3) is 0 Å². The number of nitrogens with zero attached hydrogens (tertiary/aromatic N) is 2. The van der Waals surface area contributed by atoms with E-state index in [1.54, 1.807) is 10.3 Å². The van der Waals surface area contributed by atoms with Gasteiger partial charge in [-0.3, -0.25) is 0 Å².